The van der Waals surface area contributed by atoms with Crippen LogP contribution in [-0.4, -0.2) is 24.4 Å². The molecule has 0 saturated carbocycles. The predicted octanol–water partition coefficient (Wildman–Crippen LogP) is 3.47. The number of rotatable bonds is 8. The van der Waals surface area contributed by atoms with Crippen LogP contribution >= 0.6 is 0 Å². The molecule has 0 radical (unpaired) electrons. The summed E-state index contributed by atoms with van der Waals surface area (Å²) >= 11 is 0. The quantitative estimate of drug-likeness (QED) is 0.398. The van der Waals surface area contributed by atoms with Gasteiger partial charge in [0, 0.05) is 12.1 Å². The van der Waals surface area contributed by atoms with Crippen molar-refractivity contribution < 1.29 is 14.3 Å². The van der Waals surface area contributed by atoms with E-state index in [4.69, 9.17) is 10.5 Å². The summed E-state index contributed by atoms with van der Waals surface area (Å²) in [4.78, 5) is 24.5. The first-order valence-corrected chi connectivity index (χ1v) is 11.1. The van der Waals surface area contributed by atoms with Crippen LogP contribution in [0.5, 0.6) is 5.75 Å². The average Bonchev–Trinajstić information content (AvgIpc) is 3.39. The van der Waals surface area contributed by atoms with Gasteiger partial charge in [-0.25, -0.2) is 0 Å². The van der Waals surface area contributed by atoms with Gasteiger partial charge in [0.25, 0.3) is 5.91 Å². The van der Waals surface area contributed by atoms with E-state index >= 15 is 0 Å². The molecule has 7 heteroatoms. The normalized spacial score (nSPS) is 15.1. The van der Waals surface area contributed by atoms with Crippen molar-refractivity contribution in [3.63, 3.8) is 0 Å². The summed E-state index contributed by atoms with van der Waals surface area (Å²) in [5, 5.41) is 8.98. The molecule has 7 nitrogen and oxygen atoms in total. The van der Waals surface area contributed by atoms with Gasteiger partial charge in [-0.2, -0.15) is 0 Å². The van der Waals surface area contributed by atoms with Gasteiger partial charge in [0.05, 0.1) is 17.4 Å². The Morgan fingerprint density at radius 1 is 0.970 bits per heavy atom. The molecule has 2 amide bonds. The zero-order valence-corrected chi connectivity index (χ0v) is 18.3. The third-order valence-corrected chi connectivity index (χ3v) is 5.60. The number of hydrogen-bond acceptors (Lipinski definition) is 5. The van der Waals surface area contributed by atoms with Crippen molar-refractivity contribution in [1.29, 1.82) is 0 Å². The van der Waals surface area contributed by atoms with Crippen LogP contribution in [0.4, 0.5) is 11.4 Å². The third kappa shape index (κ3) is 6.11. The van der Waals surface area contributed by atoms with E-state index in [1.807, 2.05) is 48.5 Å². The Morgan fingerprint density at radius 2 is 1.70 bits per heavy atom. The topological polar surface area (TPSA) is 105 Å². The van der Waals surface area contributed by atoms with Crippen LogP contribution in [0, 0.1) is 0 Å². The first kappa shape index (κ1) is 22.4. The number of carbonyl (C=O) groups is 2. The zero-order chi connectivity index (χ0) is 23.0. The Kier molecular flexibility index (Phi) is 7.22. The Hall–Kier alpha value is -3.84. The summed E-state index contributed by atoms with van der Waals surface area (Å²) in [6.45, 7) is 1.79. The molecule has 0 aliphatic carbocycles. The number of ether oxygens (including phenoxy) is 1. The van der Waals surface area contributed by atoms with E-state index in [2.05, 4.69) is 16.0 Å². The first-order valence-electron chi connectivity index (χ1n) is 11.1. The summed E-state index contributed by atoms with van der Waals surface area (Å²) in [6.07, 6.45) is 1.94. The van der Waals surface area contributed by atoms with Crippen LogP contribution in [0.3, 0.4) is 0 Å². The molecule has 4 rings (SSSR count). The summed E-state index contributed by atoms with van der Waals surface area (Å²) in [5.74, 6) is 0.577. The number of carbonyl (C=O) groups excluding carboxylic acids is 2. The van der Waals surface area contributed by atoms with E-state index in [1.165, 1.54) is 0 Å². The van der Waals surface area contributed by atoms with Crippen LogP contribution in [0.15, 0.2) is 72.8 Å². The highest BCUT2D eigenvalue weighted by molar-refractivity contribution is 6.05. The van der Waals surface area contributed by atoms with E-state index in [0.29, 0.717) is 30.1 Å². The number of para-hydroxylation sites is 2. The number of amides is 2. The fourth-order valence-electron chi connectivity index (χ4n) is 3.65. The molecule has 1 saturated heterocycles. The van der Waals surface area contributed by atoms with Gasteiger partial charge < -0.3 is 26.4 Å². The van der Waals surface area contributed by atoms with E-state index < -0.39 is 0 Å². The van der Waals surface area contributed by atoms with Crippen LogP contribution in [0.25, 0.3) is 0 Å². The highest BCUT2D eigenvalue weighted by atomic mass is 16.5. The number of nitrogens with one attached hydrogen (secondary N) is 3. The van der Waals surface area contributed by atoms with Crippen molar-refractivity contribution in [3.8, 4) is 5.75 Å². The van der Waals surface area contributed by atoms with E-state index in [1.54, 1.807) is 24.3 Å². The summed E-state index contributed by atoms with van der Waals surface area (Å²) in [5.41, 5.74) is 9.50. The smallest absolute Gasteiger partial charge is 0.255 e. The molecule has 0 unspecified atom stereocenters. The molecular formula is C26H28N4O3. The second-order valence-corrected chi connectivity index (χ2v) is 8.04. The van der Waals surface area contributed by atoms with Gasteiger partial charge in [0.2, 0.25) is 5.91 Å². The van der Waals surface area contributed by atoms with Gasteiger partial charge >= 0.3 is 0 Å². The van der Waals surface area contributed by atoms with Gasteiger partial charge in [0.1, 0.15) is 12.4 Å². The Labute approximate surface area is 193 Å². The van der Waals surface area contributed by atoms with Crippen LogP contribution in [0.1, 0.15) is 34.3 Å². The number of anilines is 2. The lowest BCUT2D eigenvalue weighted by molar-refractivity contribution is -0.122. The van der Waals surface area contributed by atoms with Gasteiger partial charge in [0.15, 0.2) is 0 Å². The second-order valence-electron chi connectivity index (χ2n) is 8.04. The van der Waals surface area contributed by atoms with Crippen molar-refractivity contribution in [2.45, 2.75) is 32.0 Å². The van der Waals surface area contributed by atoms with Crippen molar-refractivity contribution in [1.82, 2.24) is 10.6 Å². The van der Waals surface area contributed by atoms with Gasteiger partial charge in [-0.3, -0.25) is 9.59 Å². The standard InChI is InChI=1S/C26H28N4O3/c27-22-4-1-2-5-23(22)30-25(31)20-11-7-19(8-12-20)17-33-21-13-9-18(10-14-21)16-29-26(32)24-6-3-15-28-24/h1-2,4-5,7-14,24,28H,3,6,15-17,27H2,(H,29,32)(H,30,31)/t24-/m0/s1. The van der Waals surface area contributed by atoms with Crippen molar-refractivity contribution >= 4 is 23.2 Å². The molecule has 1 aliphatic rings. The molecule has 33 heavy (non-hydrogen) atoms. The minimum atomic E-state index is -0.216. The maximum absolute atomic E-state index is 12.4. The van der Waals surface area contributed by atoms with Crippen molar-refractivity contribution in [2.75, 3.05) is 17.6 Å². The highest BCUT2D eigenvalue weighted by Gasteiger charge is 2.21. The Bertz CT molecular complexity index is 1090. The molecule has 1 atom stereocenters. The molecule has 170 valence electrons. The monoisotopic (exact) mass is 444 g/mol. The van der Waals surface area contributed by atoms with Crippen LogP contribution in [-0.2, 0) is 17.9 Å². The van der Waals surface area contributed by atoms with Gasteiger partial charge in [-0.05, 0) is 66.9 Å². The Balaban J connectivity index is 1.24. The first-order chi connectivity index (χ1) is 16.1. The maximum atomic E-state index is 12.4. The molecule has 3 aromatic rings. The lowest BCUT2D eigenvalue weighted by atomic mass is 10.1. The summed E-state index contributed by atoms with van der Waals surface area (Å²) in [6, 6.07) is 22.0. The average molecular weight is 445 g/mol. The molecule has 0 aromatic heterocycles. The fourth-order valence-corrected chi connectivity index (χ4v) is 3.65. The van der Waals surface area contributed by atoms with E-state index in [0.717, 1.165) is 36.3 Å². The zero-order valence-electron chi connectivity index (χ0n) is 18.3. The van der Waals surface area contributed by atoms with E-state index in [-0.39, 0.29) is 17.9 Å². The lowest BCUT2D eigenvalue weighted by Crippen LogP contribution is -2.39. The van der Waals surface area contributed by atoms with Crippen molar-refractivity contribution in [2.24, 2.45) is 0 Å². The lowest BCUT2D eigenvalue weighted by Gasteiger charge is -2.12. The van der Waals surface area contributed by atoms with Crippen LogP contribution < -0.4 is 26.4 Å². The summed E-state index contributed by atoms with van der Waals surface area (Å²) < 4.78 is 5.85. The molecule has 1 fully saturated rings. The molecule has 5 N–H and O–H groups in total. The van der Waals surface area contributed by atoms with Gasteiger partial charge in [-0.15, -0.1) is 0 Å². The minimum Gasteiger partial charge on any atom is -0.489 e. The molecular weight excluding hydrogens is 416 g/mol. The molecule has 3 aromatic carbocycles. The minimum absolute atomic E-state index is 0.0530. The number of hydrogen-bond donors (Lipinski definition) is 4. The number of nitrogens with two attached hydrogens (primary N) is 1. The molecule has 0 spiro atoms. The molecule has 1 heterocycles. The number of benzene rings is 3. The summed E-state index contributed by atoms with van der Waals surface area (Å²) in [7, 11) is 0. The van der Waals surface area contributed by atoms with E-state index in [9.17, 15) is 9.59 Å². The van der Waals surface area contributed by atoms with Crippen molar-refractivity contribution in [3.05, 3.63) is 89.5 Å². The SMILES string of the molecule is Nc1ccccc1NC(=O)c1ccc(COc2ccc(CNC(=O)[C@@H]3CCCN3)cc2)cc1. The largest absolute Gasteiger partial charge is 0.489 e. The maximum Gasteiger partial charge on any atom is 0.255 e. The number of nitrogen functional groups attached to an aromatic ring is 1. The molecule has 0 bridgehead atoms. The fraction of sp³-hybridized carbons (Fsp3) is 0.231. The van der Waals surface area contributed by atoms with Gasteiger partial charge in [-0.1, -0.05) is 36.4 Å². The molecule has 1 aliphatic heterocycles. The predicted molar refractivity (Wildman–Crippen MR) is 129 cm³/mol. The third-order valence-electron chi connectivity index (χ3n) is 5.60. The highest BCUT2D eigenvalue weighted by Crippen LogP contribution is 2.19. The van der Waals surface area contributed by atoms with Crippen LogP contribution in [0.2, 0.25) is 0 Å². The Morgan fingerprint density at radius 3 is 2.39 bits per heavy atom. The second kappa shape index (κ2) is 10.7.